The lowest BCUT2D eigenvalue weighted by atomic mass is 9.98. The van der Waals surface area contributed by atoms with Gasteiger partial charge in [-0.1, -0.05) is 79.3 Å². The quantitative estimate of drug-likeness (QED) is 0.150. The Kier molecular flexibility index (Phi) is 12.0. The zero-order valence-corrected chi connectivity index (χ0v) is 27.5. The molecule has 3 aromatic carbocycles. The summed E-state index contributed by atoms with van der Waals surface area (Å²) in [6.07, 6.45) is 4.44. The Morgan fingerprint density at radius 2 is 1.82 bits per heavy atom. The Bertz CT molecular complexity index is 1620. The number of rotatable bonds is 12. The van der Waals surface area contributed by atoms with E-state index in [1.54, 1.807) is 42.9 Å². The molecule has 0 radical (unpaired) electrons. The summed E-state index contributed by atoms with van der Waals surface area (Å²) >= 11 is 24.8. The van der Waals surface area contributed by atoms with E-state index in [1.807, 2.05) is 45.9 Å². The van der Waals surface area contributed by atoms with Gasteiger partial charge in [0, 0.05) is 48.3 Å². The van der Waals surface area contributed by atoms with Crippen LogP contribution in [0.25, 0.3) is 0 Å². The molecule has 44 heavy (non-hydrogen) atoms. The molecule has 2 atom stereocenters. The zero-order chi connectivity index (χ0) is 31.6. The molecule has 0 aliphatic heterocycles. The normalized spacial score (nSPS) is 12.2. The second-order valence-electron chi connectivity index (χ2n) is 10.6. The Morgan fingerprint density at radius 3 is 2.50 bits per heavy atom. The van der Waals surface area contributed by atoms with Crippen LogP contribution >= 0.6 is 47.0 Å². The summed E-state index contributed by atoms with van der Waals surface area (Å²) in [5.41, 5.74) is 4.02. The van der Waals surface area contributed by atoms with E-state index in [0.29, 0.717) is 45.4 Å². The molecule has 2 N–H and O–H groups in total. The smallest absolute Gasteiger partial charge is 0.226 e. The molecule has 0 saturated heterocycles. The van der Waals surface area contributed by atoms with Gasteiger partial charge in [-0.2, -0.15) is 5.26 Å². The van der Waals surface area contributed by atoms with Crippen LogP contribution in [0.5, 0.6) is 0 Å². The van der Waals surface area contributed by atoms with Gasteiger partial charge in [-0.15, -0.1) is 0 Å². The zero-order valence-electron chi connectivity index (χ0n) is 24.4. The number of thiocarbonyl (C=S) groups is 1. The number of anilines is 1. The number of imidazole rings is 1. The lowest BCUT2D eigenvalue weighted by molar-refractivity contribution is -0.121. The first kappa shape index (κ1) is 33.3. The van der Waals surface area contributed by atoms with E-state index in [-0.39, 0.29) is 24.3 Å². The molecule has 0 spiro atoms. The maximum atomic E-state index is 13.5. The number of nitriles is 1. The minimum absolute atomic E-state index is 0.116. The van der Waals surface area contributed by atoms with Crippen molar-refractivity contribution < 1.29 is 4.79 Å². The average Bonchev–Trinajstić information content (AvgIpc) is 3.45. The van der Waals surface area contributed by atoms with Gasteiger partial charge in [0.25, 0.3) is 0 Å². The summed E-state index contributed by atoms with van der Waals surface area (Å²) in [6.45, 7) is 5.58. The van der Waals surface area contributed by atoms with Crippen molar-refractivity contribution in [3.05, 3.63) is 117 Å². The SMILES string of the molecule is CC[C@H](C)[C@@H](CN(Cc1cccc(Cl)c1Cl)C(=S)Nc1ccc(Cl)cc1)NC(=O)Cc1cncn1Cc1ccc(C#N)cc1. The second-order valence-corrected chi connectivity index (χ2v) is 12.2. The third-order valence-electron chi connectivity index (χ3n) is 7.45. The third kappa shape index (κ3) is 9.20. The standard InChI is InChI=1S/C33H33Cl3N6OS/c1-3-22(2)30(40-31(43)15-28-17-38-21-42(28)18-24-9-7-23(16-37)8-10-24)20-41(19-25-5-4-6-29(35)32(25)36)33(44)39-27-13-11-26(34)12-14-27/h4-14,17,21-22,30H,3,15,18-20H2,1-2H3,(H,39,44)(H,40,43)/t22-,30+/m0/s1. The number of nitrogens with one attached hydrogen (secondary N) is 2. The number of benzene rings is 3. The number of halogens is 3. The van der Waals surface area contributed by atoms with Gasteiger partial charge in [-0.3, -0.25) is 4.79 Å². The van der Waals surface area contributed by atoms with Crippen LogP contribution in [-0.4, -0.2) is 38.1 Å². The van der Waals surface area contributed by atoms with E-state index in [4.69, 9.17) is 52.3 Å². The van der Waals surface area contributed by atoms with Crippen LogP contribution in [0.4, 0.5) is 5.69 Å². The number of aromatic nitrogens is 2. The summed E-state index contributed by atoms with van der Waals surface area (Å²) in [7, 11) is 0. The van der Waals surface area contributed by atoms with E-state index in [9.17, 15) is 4.79 Å². The van der Waals surface area contributed by atoms with Gasteiger partial charge >= 0.3 is 0 Å². The Labute approximate surface area is 278 Å². The fourth-order valence-corrected chi connectivity index (χ4v) is 5.43. The van der Waals surface area contributed by atoms with E-state index < -0.39 is 0 Å². The van der Waals surface area contributed by atoms with Crippen molar-refractivity contribution in [1.29, 1.82) is 5.26 Å². The highest BCUT2D eigenvalue weighted by Crippen LogP contribution is 2.27. The van der Waals surface area contributed by atoms with E-state index in [0.717, 1.165) is 28.9 Å². The van der Waals surface area contributed by atoms with Crippen LogP contribution in [0.2, 0.25) is 15.1 Å². The van der Waals surface area contributed by atoms with Crippen molar-refractivity contribution in [2.45, 2.75) is 45.8 Å². The molecule has 0 aliphatic rings. The van der Waals surface area contributed by atoms with Gasteiger partial charge in [0.2, 0.25) is 5.91 Å². The van der Waals surface area contributed by atoms with Gasteiger partial charge in [-0.05, 0) is 71.7 Å². The predicted octanol–water partition coefficient (Wildman–Crippen LogP) is 7.74. The molecule has 4 aromatic rings. The Balaban J connectivity index is 1.51. The van der Waals surface area contributed by atoms with Crippen LogP contribution in [0.3, 0.4) is 0 Å². The van der Waals surface area contributed by atoms with Crippen molar-refractivity contribution in [2.24, 2.45) is 5.92 Å². The summed E-state index contributed by atoms with van der Waals surface area (Å²) in [4.78, 5) is 19.7. The molecule has 1 amide bonds. The van der Waals surface area contributed by atoms with Gasteiger partial charge in [0.15, 0.2) is 5.11 Å². The molecular formula is C33H33Cl3N6OS. The van der Waals surface area contributed by atoms with Crippen LogP contribution in [0, 0.1) is 17.2 Å². The maximum absolute atomic E-state index is 13.5. The fraction of sp³-hybridized carbons (Fsp3) is 0.273. The van der Waals surface area contributed by atoms with Crippen molar-refractivity contribution >= 4 is 63.7 Å². The molecule has 7 nitrogen and oxygen atoms in total. The van der Waals surface area contributed by atoms with E-state index in [1.165, 1.54) is 0 Å². The third-order valence-corrected chi connectivity index (χ3v) is 8.92. The van der Waals surface area contributed by atoms with Crippen LogP contribution in [0.15, 0.2) is 79.3 Å². The molecule has 11 heteroatoms. The molecule has 1 aromatic heterocycles. The van der Waals surface area contributed by atoms with Crippen molar-refractivity contribution in [2.75, 3.05) is 11.9 Å². The molecule has 4 rings (SSSR count). The number of carbonyl (C=O) groups excluding carboxylic acids is 1. The molecule has 228 valence electrons. The molecule has 0 unspecified atom stereocenters. The highest BCUT2D eigenvalue weighted by molar-refractivity contribution is 7.80. The number of nitrogens with zero attached hydrogens (tertiary/aromatic N) is 4. The molecule has 0 bridgehead atoms. The topological polar surface area (TPSA) is 86.0 Å². The number of hydrogen-bond donors (Lipinski definition) is 2. The monoisotopic (exact) mass is 666 g/mol. The van der Waals surface area contributed by atoms with Gasteiger partial charge < -0.3 is 20.1 Å². The molecule has 0 aliphatic carbocycles. The molecule has 1 heterocycles. The second kappa shape index (κ2) is 15.9. The number of carbonyl (C=O) groups is 1. The summed E-state index contributed by atoms with van der Waals surface area (Å²) in [6, 6.07) is 22.1. The van der Waals surface area contributed by atoms with Crippen LogP contribution in [0.1, 0.15) is 42.7 Å². The van der Waals surface area contributed by atoms with Crippen LogP contribution in [-0.2, 0) is 24.3 Å². The first-order chi connectivity index (χ1) is 21.2. The van der Waals surface area contributed by atoms with E-state index >= 15 is 0 Å². The minimum Gasteiger partial charge on any atom is -0.351 e. The minimum atomic E-state index is -0.217. The Hall–Kier alpha value is -3.61. The lowest BCUT2D eigenvalue weighted by Gasteiger charge is -2.33. The summed E-state index contributed by atoms with van der Waals surface area (Å²) in [5.74, 6) is 0.0346. The van der Waals surface area contributed by atoms with E-state index in [2.05, 4.69) is 35.5 Å². The molecule has 0 fully saturated rings. The van der Waals surface area contributed by atoms with Crippen molar-refractivity contribution in [3.63, 3.8) is 0 Å². The highest BCUT2D eigenvalue weighted by atomic mass is 35.5. The first-order valence-electron chi connectivity index (χ1n) is 14.2. The summed E-state index contributed by atoms with van der Waals surface area (Å²) in [5, 5.41) is 17.7. The van der Waals surface area contributed by atoms with Gasteiger partial charge in [0.05, 0.1) is 34.4 Å². The van der Waals surface area contributed by atoms with Crippen molar-refractivity contribution in [3.8, 4) is 6.07 Å². The highest BCUT2D eigenvalue weighted by Gasteiger charge is 2.25. The first-order valence-corrected chi connectivity index (χ1v) is 15.7. The number of hydrogen-bond acceptors (Lipinski definition) is 4. The Morgan fingerprint density at radius 1 is 1.09 bits per heavy atom. The molecular weight excluding hydrogens is 635 g/mol. The largest absolute Gasteiger partial charge is 0.351 e. The summed E-state index contributed by atoms with van der Waals surface area (Å²) < 4.78 is 1.94. The molecule has 0 saturated carbocycles. The predicted molar refractivity (Wildman–Crippen MR) is 182 cm³/mol. The maximum Gasteiger partial charge on any atom is 0.226 e. The van der Waals surface area contributed by atoms with Crippen LogP contribution < -0.4 is 10.6 Å². The number of amides is 1. The van der Waals surface area contributed by atoms with Crippen molar-refractivity contribution in [1.82, 2.24) is 19.8 Å². The average molecular weight is 668 g/mol. The van der Waals surface area contributed by atoms with Gasteiger partial charge in [0.1, 0.15) is 0 Å². The fourth-order valence-electron chi connectivity index (χ4n) is 4.66. The van der Waals surface area contributed by atoms with Gasteiger partial charge in [-0.25, -0.2) is 4.98 Å². The lowest BCUT2D eigenvalue weighted by Crippen LogP contribution is -2.50.